The second-order valence-electron chi connectivity index (χ2n) is 5.86. The van der Waals surface area contributed by atoms with Crippen molar-refractivity contribution in [2.45, 2.75) is 31.7 Å². The SMILES string of the molecule is C#CC(NC(=O)Nc1ccc(S(C)(=O)=O)cc1)C(C)(C)C. The van der Waals surface area contributed by atoms with Crippen LogP contribution in [-0.2, 0) is 9.84 Å². The number of rotatable bonds is 3. The van der Waals surface area contributed by atoms with Crippen LogP contribution in [0.4, 0.5) is 10.5 Å². The summed E-state index contributed by atoms with van der Waals surface area (Å²) >= 11 is 0. The molecule has 0 aromatic heterocycles. The van der Waals surface area contributed by atoms with E-state index in [0.29, 0.717) is 5.69 Å². The zero-order chi connectivity index (χ0) is 16.3. The van der Waals surface area contributed by atoms with Crippen molar-refractivity contribution >= 4 is 21.6 Å². The second-order valence-corrected chi connectivity index (χ2v) is 7.88. The Balaban J connectivity index is 2.74. The van der Waals surface area contributed by atoms with Gasteiger partial charge >= 0.3 is 6.03 Å². The highest BCUT2D eigenvalue weighted by molar-refractivity contribution is 7.90. The summed E-state index contributed by atoms with van der Waals surface area (Å²) in [6.45, 7) is 5.79. The van der Waals surface area contributed by atoms with Crippen LogP contribution in [0.5, 0.6) is 0 Å². The Hall–Kier alpha value is -2.00. The number of benzene rings is 1. The number of nitrogens with one attached hydrogen (secondary N) is 2. The van der Waals surface area contributed by atoms with Crippen LogP contribution in [0.25, 0.3) is 0 Å². The number of hydrogen-bond acceptors (Lipinski definition) is 3. The first-order chi connectivity index (χ1) is 9.54. The summed E-state index contributed by atoms with van der Waals surface area (Å²) in [5.74, 6) is 2.54. The number of hydrogen-bond donors (Lipinski definition) is 2. The van der Waals surface area contributed by atoms with Crippen LogP contribution >= 0.6 is 0 Å². The van der Waals surface area contributed by atoms with E-state index in [0.717, 1.165) is 6.26 Å². The molecule has 0 aliphatic heterocycles. The Morgan fingerprint density at radius 1 is 1.24 bits per heavy atom. The van der Waals surface area contributed by atoms with Gasteiger partial charge in [0.25, 0.3) is 0 Å². The van der Waals surface area contributed by atoms with Gasteiger partial charge in [-0.05, 0) is 29.7 Å². The van der Waals surface area contributed by atoms with E-state index in [1.165, 1.54) is 24.3 Å². The van der Waals surface area contributed by atoms with E-state index in [-0.39, 0.29) is 10.3 Å². The van der Waals surface area contributed by atoms with Gasteiger partial charge in [-0.2, -0.15) is 0 Å². The lowest BCUT2D eigenvalue weighted by Crippen LogP contribution is -2.44. The van der Waals surface area contributed by atoms with Crippen LogP contribution in [0.15, 0.2) is 29.2 Å². The quantitative estimate of drug-likeness (QED) is 0.841. The maximum Gasteiger partial charge on any atom is 0.320 e. The monoisotopic (exact) mass is 308 g/mol. The standard InChI is InChI=1S/C15H20N2O3S/c1-6-13(15(2,3)4)17-14(18)16-11-7-9-12(10-8-11)21(5,19)20/h1,7-10,13H,2-5H3,(H2,16,17,18). The van der Waals surface area contributed by atoms with Crippen molar-refractivity contribution in [1.29, 1.82) is 0 Å². The minimum atomic E-state index is -3.25. The fourth-order valence-corrected chi connectivity index (χ4v) is 2.22. The maximum atomic E-state index is 11.9. The fourth-order valence-electron chi connectivity index (χ4n) is 1.59. The van der Waals surface area contributed by atoms with Crippen molar-refractivity contribution in [3.8, 4) is 12.3 Å². The Morgan fingerprint density at radius 2 is 1.76 bits per heavy atom. The van der Waals surface area contributed by atoms with Crippen molar-refractivity contribution < 1.29 is 13.2 Å². The molecule has 0 spiro atoms. The Morgan fingerprint density at radius 3 is 2.14 bits per heavy atom. The van der Waals surface area contributed by atoms with E-state index in [1.54, 1.807) is 0 Å². The number of carbonyl (C=O) groups excluding carboxylic acids is 1. The molecule has 0 aliphatic carbocycles. The molecule has 1 aromatic rings. The van der Waals surface area contributed by atoms with Crippen LogP contribution in [0.1, 0.15) is 20.8 Å². The Labute approximate surface area is 126 Å². The van der Waals surface area contributed by atoms with Crippen molar-refractivity contribution in [2.75, 3.05) is 11.6 Å². The predicted octanol–water partition coefficient (Wildman–Crippen LogP) is 2.26. The van der Waals surface area contributed by atoms with Crippen molar-refractivity contribution in [3.05, 3.63) is 24.3 Å². The van der Waals surface area contributed by atoms with Crippen LogP contribution in [-0.4, -0.2) is 26.7 Å². The molecule has 6 heteroatoms. The highest BCUT2D eigenvalue weighted by Crippen LogP contribution is 2.19. The number of urea groups is 1. The van der Waals surface area contributed by atoms with Gasteiger partial charge in [-0.3, -0.25) is 0 Å². The zero-order valence-electron chi connectivity index (χ0n) is 12.6. The molecular formula is C15H20N2O3S. The third-order valence-electron chi connectivity index (χ3n) is 2.85. The van der Waals surface area contributed by atoms with Gasteiger partial charge in [-0.15, -0.1) is 6.42 Å². The van der Waals surface area contributed by atoms with Crippen molar-refractivity contribution in [2.24, 2.45) is 5.41 Å². The van der Waals surface area contributed by atoms with Gasteiger partial charge in [-0.1, -0.05) is 26.7 Å². The average Bonchev–Trinajstić information content (AvgIpc) is 2.34. The lowest BCUT2D eigenvalue weighted by atomic mass is 9.87. The zero-order valence-corrected chi connectivity index (χ0v) is 13.4. The van der Waals surface area contributed by atoms with Gasteiger partial charge in [-0.25, -0.2) is 13.2 Å². The molecule has 2 amide bonds. The number of sulfone groups is 1. The van der Waals surface area contributed by atoms with Crippen LogP contribution in [0.3, 0.4) is 0 Å². The summed E-state index contributed by atoms with van der Waals surface area (Å²) in [5, 5.41) is 5.31. The smallest absolute Gasteiger partial charge is 0.320 e. The molecule has 21 heavy (non-hydrogen) atoms. The molecule has 0 fully saturated rings. The van der Waals surface area contributed by atoms with Gasteiger partial charge in [0.15, 0.2) is 9.84 Å². The van der Waals surface area contributed by atoms with Crippen molar-refractivity contribution in [3.63, 3.8) is 0 Å². The minimum absolute atomic E-state index is 0.199. The fraction of sp³-hybridized carbons (Fsp3) is 0.400. The summed E-state index contributed by atoms with van der Waals surface area (Å²) in [5.41, 5.74) is 0.233. The molecule has 0 radical (unpaired) electrons. The number of terminal acetylenes is 1. The topological polar surface area (TPSA) is 75.3 Å². The molecule has 5 nitrogen and oxygen atoms in total. The summed E-state index contributed by atoms with van der Waals surface area (Å²) in [4.78, 5) is 12.1. The molecular weight excluding hydrogens is 288 g/mol. The van der Waals surface area contributed by atoms with E-state index in [9.17, 15) is 13.2 Å². The first kappa shape index (κ1) is 17.1. The Bertz CT molecular complexity index is 650. The molecule has 1 aromatic carbocycles. The van der Waals surface area contributed by atoms with Gasteiger partial charge < -0.3 is 10.6 Å². The number of anilines is 1. The molecule has 0 heterocycles. The molecule has 0 aliphatic rings. The first-order valence-corrected chi connectivity index (χ1v) is 8.27. The summed E-state index contributed by atoms with van der Waals surface area (Å²) < 4.78 is 22.7. The molecule has 0 saturated heterocycles. The number of amides is 2. The Kier molecular flexibility index (Phi) is 5.02. The van der Waals surface area contributed by atoms with Gasteiger partial charge in [0.2, 0.25) is 0 Å². The van der Waals surface area contributed by atoms with E-state index < -0.39 is 21.9 Å². The number of carbonyl (C=O) groups is 1. The molecule has 114 valence electrons. The molecule has 0 bridgehead atoms. The lowest BCUT2D eigenvalue weighted by Gasteiger charge is -2.27. The summed E-state index contributed by atoms with van der Waals surface area (Å²) in [6.07, 6.45) is 6.54. The normalized spacial score (nSPS) is 13.1. The predicted molar refractivity (Wildman–Crippen MR) is 83.8 cm³/mol. The lowest BCUT2D eigenvalue weighted by molar-refractivity contribution is 0.240. The molecule has 1 unspecified atom stereocenters. The van der Waals surface area contributed by atoms with E-state index in [2.05, 4.69) is 16.6 Å². The second kappa shape index (κ2) is 6.19. The third kappa shape index (κ3) is 5.12. The highest BCUT2D eigenvalue weighted by atomic mass is 32.2. The minimum Gasteiger partial charge on any atom is -0.324 e. The van der Waals surface area contributed by atoms with Crippen LogP contribution < -0.4 is 10.6 Å². The molecule has 1 atom stereocenters. The third-order valence-corrected chi connectivity index (χ3v) is 3.98. The average molecular weight is 308 g/mol. The van der Waals surface area contributed by atoms with Gasteiger partial charge in [0.1, 0.15) is 0 Å². The highest BCUT2D eigenvalue weighted by Gasteiger charge is 2.24. The molecule has 0 saturated carbocycles. The molecule has 2 N–H and O–H groups in total. The van der Waals surface area contributed by atoms with Crippen molar-refractivity contribution in [1.82, 2.24) is 5.32 Å². The van der Waals surface area contributed by atoms with Crippen LogP contribution in [0, 0.1) is 17.8 Å². The largest absolute Gasteiger partial charge is 0.324 e. The van der Waals surface area contributed by atoms with Crippen LogP contribution in [0.2, 0.25) is 0 Å². The summed E-state index contributed by atoms with van der Waals surface area (Å²) in [6, 6.07) is 5.09. The van der Waals surface area contributed by atoms with E-state index >= 15 is 0 Å². The molecule has 1 rings (SSSR count). The summed E-state index contributed by atoms with van der Waals surface area (Å²) in [7, 11) is -3.25. The van der Waals surface area contributed by atoms with Gasteiger partial charge in [0, 0.05) is 11.9 Å². The maximum absolute atomic E-state index is 11.9. The van der Waals surface area contributed by atoms with Gasteiger partial charge in [0.05, 0.1) is 10.9 Å². The van der Waals surface area contributed by atoms with E-state index in [4.69, 9.17) is 6.42 Å². The first-order valence-electron chi connectivity index (χ1n) is 6.38. The van der Waals surface area contributed by atoms with E-state index in [1.807, 2.05) is 20.8 Å².